The van der Waals surface area contributed by atoms with E-state index >= 15 is 0 Å². The molecule has 2 amide bonds. The summed E-state index contributed by atoms with van der Waals surface area (Å²) in [7, 11) is 0. The van der Waals surface area contributed by atoms with Crippen molar-refractivity contribution in [3.63, 3.8) is 0 Å². The number of nitrogens with one attached hydrogen (secondary N) is 1. The maximum Gasteiger partial charge on any atom is 0.420 e. The first kappa shape index (κ1) is 19.0. The van der Waals surface area contributed by atoms with E-state index in [9.17, 15) is 14.4 Å². The van der Waals surface area contributed by atoms with Gasteiger partial charge in [0.1, 0.15) is 12.6 Å². The monoisotopic (exact) mass is 428 g/mol. The van der Waals surface area contributed by atoms with Crippen molar-refractivity contribution in [2.45, 2.75) is 38.5 Å². The second-order valence-electron chi connectivity index (χ2n) is 7.37. The fourth-order valence-corrected chi connectivity index (χ4v) is 4.86. The number of carbonyl (C=O) groups is 2. The molecule has 5 rings (SSSR count). The second kappa shape index (κ2) is 7.69. The Labute approximate surface area is 175 Å². The highest BCUT2D eigenvalue weighted by molar-refractivity contribution is 7.15. The molecule has 1 aromatic carbocycles. The third-order valence-electron chi connectivity index (χ3n) is 5.40. The van der Waals surface area contributed by atoms with Crippen LogP contribution in [0.15, 0.2) is 33.5 Å². The van der Waals surface area contributed by atoms with Crippen LogP contribution in [0.25, 0.3) is 11.1 Å². The average molecular weight is 428 g/mol. The zero-order valence-corrected chi connectivity index (χ0v) is 16.9. The van der Waals surface area contributed by atoms with Gasteiger partial charge in [-0.3, -0.25) is 19.5 Å². The summed E-state index contributed by atoms with van der Waals surface area (Å²) in [4.78, 5) is 44.4. The lowest BCUT2D eigenvalue weighted by Gasteiger charge is -2.26. The van der Waals surface area contributed by atoms with Gasteiger partial charge in [-0.25, -0.2) is 9.78 Å². The molecule has 156 valence electrons. The molecule has 0 radical (unpaired) electrons. The van der Waals surface area contributed by atoms with Crippen molar-refractivity contribution in [2.24, 2.45) is 0 Å². The zero-order chi connectivity index (χ0) is 20.7. The van der Waals surface area contributed by atoms with E-state index in [1.54, 1.807) is 29.2 Å². The molecular formula is C20H20N4O5S. The van der Waals surface area contributed by atoms with Crippen molar-refractivity contribution in [3.8, 4) is 0 Å². The molecule has 1 unspecified atom stereocenters. The molecule has 1 saturated heterocycles. The summed E-state index contributed by atoms with van der Waals surface area (Å²) < 4.78 is 12.0. The first-order valence-electron chi connectivity index (χ1n) is 9.85. The molecule has 2 aliphatic rings. The lowest BCUT2D eigenvalue weighted by molar-refractivity contribution is -0.132. The van der Waals surface area contributed by atoms with E-state index in [1.165, 1.54) is 15.9 Å². The Morgan fingerprint density at radius 1 is 1.30 bits per heavy atom. The summed E-state index contributed by atoms with van der Waals surface area (Å²) in [6.45, 7) is 1.45. The number of benzene rings is 1. The number of para-hydroxylation sites is 2. The number of nitrogens with zero attached hydrogens (tertiary/aromatic N) is 3. The molecule has 2 aromatic heterocycles. The number of thiazole rings is 1. The molecule has 1 fully saturated rings. The van der Waals surface area contributed by atoms with E-state index in [0.29, 0.717) is 42.3 Å². The van der Waals surface area contributed by atoms with Crippen molar-refractivity contribution in [1.82, 2.24) is 14.5 Å². The SMILES string of the molecule is O=C(Nc1nc2c(s1)CN(C(=O)Cn1c(=O)oc3ccccc31)CC2)C1CCCO1. The number of oxazole rings is 1. The zero-order valence-electron chi connectivity index (χ0n) is 16.1. The average Bonchev–Trinajstić information content (AvgIpc) is 3.46. The van der Waals surface area contributed by atoms with Gasteiger partial charge in [0.05, 0.1) is 17.8 Å². The van der Waals surface area contributed by atoms with E-state index in [1.807, 2.05) is 0 Å². The fraction of sp³-hybridized carbons (Fsp3) is 0.400. The maximum absolute atomic E-state index is 12.9. The standard InChI is InChI=1S/C20H20N4O5S/c25-17(11-24-13-4-1-2-5-14(13)29-20(24)27)23-8-7-12-16(10-23)30-19(21-12)22-18(26)15-6-3-9-28-15/h1-2,4-5,15H,3,6-11H2,(H,21,22,26). The van der Waals surface area contributed by atoms with Crippen molar-refractivity contribution in [1.29, 1.82) is 0 Å². The molecule has 1 atom stereocenters. The quantitative estimate of drug-likeness (QED) is 0.679. The number of rotatable bonds is 4. The van der Waals surface area contributed by atoms with Crippen LogP contribution in [0.3, 0.4) is 0 Å². The lowest BCUT2D eigenvalue weighted by atomic mass is 10.2. The van der Waals surface area contributed by atoms with Gasteiger partial charge >= 0.3 is 5.76 Å². The van der Waals surface area contributed by atoms with Gasteiger partial charge in [0.25, 0.3) is 5.91 Å². The number of anilines is 1. The number of carbonyl (C=O) groups excluding carboxylic acids is 2. The molecular weight excluding hydrogens is 408 g/mol. The number of amides is 2. The van der Waals surface area contributed by atoms with Crippen LogP contribution in [0, 0.1) is 0 Å². The Hall–Kier alpha value is -2.98. The fourth-order valence-electron chi connectivity index (χ4n) is 3.83. The van der Waals surface area contributed by atoms with E-state index in [0.717, 1.165) is 23.4 Å². The minimum atomic E-state index is -0.542. The van der Waals surface area contributed by atoms with E-state index < -0.39 is 11.9 Å². The Morgan fingerprint density at radius 3 is 3.00 bits per heavy atom. The van der Waals surface area contributed by atoms with E-state index in [4.69, 9.17) is 9.15 Å². The van der Waals surface area contributed by atoms with Gasteiger partial charge in [-0.1, -0.05) is 23.5 Å². The maximum atomic E-state index is 12.9. The predicted octanol–water partition coefficient (Wildman–Crippen LogP) is 1.75. The largest absolute Gasteiger partial charge is 0.420 e. The second-order valence-corrected chi connectivity index (χ2v) is 8.45. The number of hydrogen-bond acceptors (Lipinski definition) is 7. The molecule has 9 nitrogen and oxygen atoms in total. The van der Waals surface area contributed by atoms with Crippen LogP contribution >= 0.6 is 11.3 Å². The van der Waals surface area contributed by atoms with Gasteiger partial charge in [-0.2, -0.15) is 0 Å². The highest BCUT2D eigenvalue weighted by atomic mass is 32.1. The lowest BCUT2D eigenvalue weighted by Crippen LogP contribution is -2.38. The van der Waals surface area contributed by atoms with Gasteiger partial charge < -0.3 is 14.1 Å². The molecule has 0 saturated carbocycles. The Kier molecular flexibility index (Phi) is 4.87. The summed E-state index contributed by atoms with van der Waals surface area (Å²) in [5.41, 5.74) is 1.97. The molecule has 2 aliphatic heterocycles. The van der Waals surface area contributed by atoms with Gasteiger partial charge in [-0.05, 0) is 25.0 Å². The molecule has 10 heteroatoms. The Balaban J connectivity index is 1.27. The highest BCUT2D eigenvalue weighted by Crippen LogP contribution is 2.29. The summed E-state index contributed by atoms with van der Waals surface area (Å²) in [6, 6.07) is 7.04. The molecule has 0 bridgehead atoms. The van der Waals surface area contributed by atoms with Gasteiger partial charge in [-0.15, -0.1) is 0 Å². The van der Waals surface area contributed by atoms with Crippen LogP contribution in [0.4, 0.5) is 5.13 Å². The van der Waals surface area contributed by atoms with Gasteiger partial charge in [0.2, 0.25) is 5.91 Å². The predicted molar refractivity (Wildman–Crippen MR) is 109 cm³/mol. The van der Waals surface area contributed by atoms with Gasteiger partial charge in [0.15, 0.2) is 10.7 Å². The summed E-state index contributed by atoms with van der Waals surface area (Å²) >= 11 is 1.38. The van der Waals surface area contributed by atoms with Crippen molar-refractivity contribution < 1.29 is 18.7 Å². The number of ether oxygens (including phenoxy) is 1. The van der Waals surface area contributed by atoms with Crippen LogP contribution in [0.5, 0.6) is 0 Å². The molecule has 1 N–H and O–H groups in total. The molecule has 3 aromatic rings. The van der Waals surface area contributed by atoms with Crippen LogP contribution in [-0.4, -0.2) is 45.5 Å². The number of aromatic nitrogens is 2. The van der Waals surface area contributed by atoms with Crippen LogP contribution < -0.4 is 11.1 Å². The van der Waals surface area contributed by atoms with Crippen molar-refractivity contribution >= 4 is 39.4 Å². The molecule has 30 heavy (non-hydrogen) atoms. The Morgan fingerprint density at radius 2 is 2.17 bits per heavy atom. The van der Waals surface area contributed by atoms with E-state index in [-0.39, 0.29) is 18.4 Å². The molecule has 0 spiro atoms. The van der Waals surface area contributed by atoms with E-state index in [2.05, 4.69) is 10.3 Å². The first-order chi connectivity index (χ1) is 14.6. The van der Waals surface area contributed by atoms with Crippen molar-refractivity contribution in [3.05, 3.63) is 45.4 Å². The molecule has 0 aliphatic carbocycles. The first-order valence-corrected chi connectivity index (χ1v) is 10.7. The normalized spacial score (nSPS) is 18.5. The minimum Gasteiger partial charge on any atom is -0.408 e. The summed E-state index contributed by atoms with van der Waals surface area (Å²) in [5, 5.41) is 3.37. The summed E-state index contributed by atoms with van der Waals surface area (Å²) in [6.07, 6.45) is 1.81. The summed E-state index contributed by atoms with van der Waals surface area (Å²) in [5.74, 6) is -0.871. The minimum absolute atomic E-state index is 0.0768. The van der Waals surface area contributed by atoms with Crippen molar-refractivity contribution in [2.75, 3.05) is 18.5 Å². The third kappa shape index (κ3) is 3.52. The van der Waals surface area contributed by atoms with Crippen LogP contribution in [0.2, 0.25) is 0 Å². The molecule has 4 heterocycles. The Bertz CT molecular complexity index is 1170. The number of hydrogen-bond donors (Lipinski definition) is 1. The van der Waals surface area contributed by atoms with Crippen LogP contribution in [0.1, 0.15) is 23.4 Å². The third-order valence-corrected chi connectivity index (χ3v) is 6.40. The highest BCUT2D eigenvalue weighted by Gasteiger charge is 2.28. The van der Waals surface area contributed by atoms with Crippen LogP contribution in [-0.2, 0) is 33.8 Å². The smallest absolute Gasteiger partial charge is 0.408 e. The topological polar surface area (TPSA) is 107 Å². The number of fused-ring (bicyclic) bond motifs is 2. The van der Waals surface area contributed by atoms with Gasteiger partial charge in [0, 0.05) is 24.4 Å².